The summed E-state index contributed by atoms with van der Waals surface area (Å²) in [5.41, 5.74) is 0.512. The maximum Gasteiger partial charge on any atom is 0.240 e. The fraction of sp³-hybridized carbons (Fsp3) is 0.500. The van der Waals surface area contributed by atoms with Crippen molar-refractivity contribution in [1.82, 2.24) is 4.72 Å². The Bertz CT molecular complexity index is 538. The summed E-state index contributed by atoms with van der Waals surface area (Å²) in [5, 5.41) is 9.12. The lowest BCUT2D eigenvalue weighted by Crippen LogP contribution is -2.38. The molecule has 0 aromatic heterocycles. The maximum absolute atomic E-state index is 13.1. The number of hydrogen-bond acceptors (Lipinski definition) is 3. The van der Waals surface area contributed by atoms with Gasteiger partial charge in [0.15, 0.2) is 0 Å². The fourth-order valence-corrected chi connectivity index (χ4v) is 3.41. The van der Waals surface area contributed by atoms with Crippen LogP contribution in [0.3, 0.4) is 0 Å². The van der Waals surface area contributed by atoms with Gasteiger partial charge >= 0.3 is 0 Å². The topological polar surface area (TPSA) is 66.4 Å². The number of rotatable bonds is 4. The number of nitrogens with one attached hydrogen (secondary N) is 1. The van der Waals surface area contributed by atoms with Crippen LogP contribution in [0.25, 0.3) is 0 Å². The Balaban J connectivity index is 2.08. The van der Waals surface area contributed by atoms with Crippen molar-refractivity contribution >= 4 is 10.0 Å². The molecule has 1 fully saturated rings. The third-order valence-corrected chi connectivity index (χ3v) is 4.78. The van der Waals surface area contributed by atoms with Crippen LogP contribution in [0.15, 0.2) is 23.1 Å². The summed E-state index contributed by atoms with van der Waals surface area (Å²) in [7, 11) is -3.67. The van der Waals surface area contributed by atoms with Crippen LogP contribution in [-0.2, 0) is 10.0 Å². The lowest BCUT2D eigenvalue weighted by Gasteiger charge is -2.31. The molecule has 4 nitrogen and oxygen atoms in total. The standard InChI is InChI=1S/C12H16FNO3S/c1-8-2-3-10(13)6-12(8)18(16,17)14-7-9-4-11(15)5-9/h2-3,6,9,11,14-15H,4-5,7H2,1H3. The summed E-state index contributed by atoms with van der Waals surface area (Å²) < 4.78 is 39.5. The van der Waals surface area contributed by atoms with Crippen molar-refractivity contribution in [3.8, 4) is 0 Å². The highest BCUT2D eigenvalue weighted by atomic mass is 32.2. The second kappa shape index (κ2) is 4.95. The number of benzene rings is 1. The third-order valence-electron chi connectivity index (χ3n) is 3.21. The van der Waals surface area contributed by atoms with E-state index in [9.17, 15) is 12.8 Å². The number of aryl methyl sites for hydroxylation is 1. The molecule has 0 aliphatic heterocycles. The van der Waals surface area contributed by atoms with Crippen molar-refractivity contribution in [1.29, 1.82) is 0 Å². The van der Waals surface area contributed by atoms with Gasteiger partial charge in [-0.25, -0.2) is 17.5 Å². The highest BCUT2D eigenvalue weighted by molar-refractivity contribution is 7.89. The minimum Gasteiger partial charge on any atom is -0.393 e. The Kier molecular flexibility index (Phi) is 3.70. The van der Waals surface area contributed by atoms with Crippen LogP contribution in [0.1, 0.15) is 18.4 Å². The molecule has 0 radical (unpaired) electrons. The van der Waals surface area contributed by atoms with Gasteiger partial charge in [-0.15, -0.1) is 0 Å². The molecule has 0 bridgehead atoms. The van der Waals surface area contributed by atoms with Gasteiger partial charge in [-0.3, -0.25) is 0 Å². The molecule has 0 atom stereocenters. The van der Waals surface area contributed by atoms with Gasteiger partial charge in [-0.05, 0) is 43.4 Å². The molecule has 0 unspecified atom stereocenters. The van der Waals surface area contributed by atoms with Crippen LogP contribution in [-0.4, -0.2) is 26.2 Å². The Morgan fingerprint density at radius 3 is 2.72 bits per heavy atom. The van der Waals surface area contributed by atoms with Crippen LogP contribution in [0.4, 0.5) is 4.39 Å². The van der Waals surface area contributed by atoms with Crippen LogP contribution >= 0.6 is 0 Å². The van der Waals surface area contributed by atoms with E-state index in [2.05, 4.69) is 4.72 Å². The van der Waals surface area contributed by atoms with Gasteiger partial charge in [0, 0.05) is 6.54 Å². The van der Waals surface area contributed by atoms with Crippen LogP contribution in [0.2, 0.25) is 0 Å². The Labute approximate surface area is 106 Å². The quantitative estimate of drug-likeness (QED) is 0.866. The minimum absolute atomic E-state index is 0.0256. The lowest BCUT2D eigenvalue weighted by atomic mass is 9.83. The third kappa shape index (κ3) is 2.88. The average molecular weight is 273 g/mol. The summed E-state index contributed by atoms with van der Waals surface area (Å²) in [4.78, 5) is -0.0256. The Morgan fingerprint density at radius 2 is 2.11 bits per heavy atom. The van der Waals surface area contributed by atoms with Gasteiger partial charge in [0.05, 0.1) is 11.0 Å². The summed E-state index contributed by atoms with van der Waals surface area (Å²) in [6.45, 7) is 1.91. The molecule has 0 spiro atoms. The average Bonchev–Trinajstić information content (AvgIpc) is 2.26. The Morgan fingerprint density at radius 1 is 1.44 bits per heavy atom. The van der Waals surface area contributed by atoms with Crippen LogP contribution in [0, 0.1) is 18.7 Å². The van der Waals surface area contributed by atoms with E-state index in [0.29, 0.717) is 18.4 Å². The molecule has 1 aromatic rings. The van der Waals surface area contributed by atoms with Crippen LogP contribution < -0.4 is 4.72 Å². The normalized spacial score (nSPS) is 23.7. The van der Waals surface area contributed by atoms with E-state index in [1.807, 2.05) is 0 Å². The zero-order valence-electron chi connectivity index (χ0n) is 10.1. The van der Waals surface area contributed by atoms with Crippen molar-refractivity contribution in [2.45, 2.75) is 30.8 Å². The molecule has 0 heterocycles. The predicted octanol–water partition coefficient (Wildman–Crippen LogP) is 1.18. The number of hydrogen-bond donors (Lipinski definition) is 2. The van der Waals surface area contributed by atoms with Crippen molar-refractivity contribution in [2.24, 2.45) is 5.92 Å². The number of aliphatic hydroxyl groups excluding tert-OH is 1. The van der Waals surface area contributed by atoms with Gasteiger partial charge in [0.2, 0.25) is 10.0 Å². The summed E-state index contributed by atoms with van der Waals surface area (Å²) in [6.07, 6.45) is 0.922. The smallest absolute Gasteiger partial charge is 0.240 e. The monoisotopic (exact) mass is 273 g/mol. The van der Waals surface area contributed by atoms with Gasteiger partial charge in [0.25, 0.3) is 0 Å². The first-order valence-electron chi connectivity index (χ1n) is 5.82. The first-order valence-corrected chi connectivity index (χ1v) is 7.30. The zero-order chi connectivity index (χ0) is 13.3. The number of aliphatic hydroxyl groups is 1. The van der Waals surface area contributed by atoms with Crippen molar-refractivity contribution < 1.29 is 17.9 Å². The fourth-order valence-electron chi connectivity index (χ4n) is 2.04. The molecule has 0 saturated heterocycles. The summed E-state index contributed by atoms with van der Waals surface area (Å²) in [5.74, 6) is -0.399. The Hall–Kier alpha value is -0.980. The predicted molar refractivity (Wildman–Crippen MR) is 65.1 cm³/mol. The van der Waals surface area contributed by atoms with E-state index in [-0.39, 0.29) is 23.5 Å². The first-order chi connectivity index (χ1) is 8.38. The molecule has 18 heavy (non-hydrogen) atoms. The van der Waals surface area contributed by atoms with E-state index >= 15 is 0 Å². The summed E-state index contributed by atoms with van der Waals surface area (Å²) in [6, 6.07) is 3.70. The van der Waals surface area contributed by atoms with Gasteiger partial charge in [-0.1, -0.05) is 6.07 Å². The van der Waals surface area contributed by atoms with Gasteiger partial charge in [-0.2, -0.15) is 0 Å². The van der Waals surface area contributed by atoms with E-state index in [1.165, 1.54) is 12.1 Å². The molecule has 1 aliphatic carbocycles. The summed E-state index contributed by atoms with van der Waals surface area (Å²) >= 11 is 0. The van der Waals surface area contributed by atoms with E-state index < -0.39 is 15.8 Å². The maximum atomic E-state index is 13.1. The molecule has 6 heteroatoms. The second-order valence-corrected chi connectivity index (χ2v) is 6.49. The minimum atomic E-state index is -3.67. The molecule has 0 amide bonds. The lowest BCUT2D eigenvalue weighted by molar-refractivity contribution is 0.0453. The van der Waals surface area contributed by atoms with E-state index in [4.69, 9.17) is 5.11 Å². The second-order valence-electron chi connectivity index (χ2n) is 4.75. The molecule has 1 aromatic carbocycles. The highest BCUT2D eigenvalue weighted by Crippen LogP contribution is 2.27. The zero-order valence-corrected chi connectivity index (χ0v) is 10.9. The van der Waals surface area contributed by atoms with Crippen molar-refractivity contribution in [2.75, 3.05) is 6.54 Å². The molecular weight excluding hydrogens is 257 g/mol. The number of sulfonamides is 1. The molecular formula is C12H16FNO3S. The highest BCUT2D eigenvalue weighted by Gasteiger charge is 2.28. The van der Waals surface area contributed by atoms with Gasteiger partial charge < -0.3 is 5.11 Å². The van der Waals surface area contributed by atoms with E-state index in [1.54, 1.807) is 6.92 Å². The number of halogens is 1. The molecule has 1 aliphatic rings. The molecule has 100 valence electrons. The SMILES string of the molecule is Cc1ccc(F)cc1S(=O)(=O)NCC1CC(O)C1. The largest absolute Gasteiger partial charge is 0.393 e. The van der Waals surface area contributed by atoms with Crippen molar-refractivity contribution in [3.05, 3.63) is 29.6 Å². The van der Waals surface area contributed by atoms with Crippen LogP contribution in [0.5, 0.6) is 0 Å². The molecule has 1 saturated carbocycles. The van der Waals surface area contributed by atoms with Crippen molar-refractivity contribution in [3.63, 3.8) is 0 Å². The molecule has 2 N–H and O–H groups in total. The van der Waals surface area contributed by atoms with Gasteiger partial charge in [0.1, 0.15) is 5.82 Å². The van der Waals surface area contributed by atoms with E-state index in [0.717, 1.165) is 6.07 Å². The first kappa shape index (κ1) is 13.5. The molecule has 2 rings (SSSR count).